The molecule has 1 aromatic heterocycles. The number of carbonyl (C=O) groups excluding carboxylic acids is 1. The standard InChI is InChI=1S/C15H18N4O/c16-8-10-9-18-12-5-2-1-4-11(12)14(10)19-7-3-6-13(19)15(17)20/h1-2,4-5,9,13H,3,6-8,16H2,(H2,17,20). The van der Waals surface area contributed by atoms with E-state index in [2.05, 4.69) is 9.88 Å². The number of nitrogens with zero attached hydrogens (tertiary/aromatic N) is 2. The Kier molecular flexibility index (Phi) is 3.28. The predicted octanol–water partition coefficient (Wildman–Crippen LogP) is 1.15. The first-order chi connectivity index (χ1) is 9.72. The van der Waals surface area contributed by atoms with Crippen LogP contribution in [0.5, 0.6) is 0 Å². The van der Waals surface area contributed by atoms with Crippen molar-refractivity contribution in [2.45, 2.75) is 25.4 Å². The van der Waals surface area contributed by atoms with Crippen molar-refractivity contribution in [2.24, 2.45) is 11.5 Å². The van der Waals surface area contributed by atoms with Gasteiger partial charge in [0.2, 0.25) is 5.91 Å². The maximum Gasteiger partial charge on any atom is 0.240 e. The fraction of sp³-hybridized carbons (Fsp3) is 0.333. The fourth-order valence-corrected chi connectivity index (χ4v) is 2.99. The second-order valence-electron chi connectivity index (χ2n) is 5.11. The number of hydrogen-bond donors (Lipinski definition) is 2. The van der Waals surface area contributed by atoms with Crippen LogP contribution in [0.4, 0.5) is 5.69 Å². The van der Waals surface area contributed by atoms with Gasteiger partial charge in [-0.15, -0.1) is 0 Å². The molecule has 104 valence electrons. The zero-order valence-corrected chi connectivity index (χ0v) is 11.2. The molecule has 1 saturated heterocycles. The maximum atomic E-state index is 11.7. The normalized spacial score (nSPS) is 18.6. The van der Waals surface area contributed by atoms with Crippen molar-refractivity contribution < 1.29 is 4.79 Å². The number of fused-ring (bicyclic) bond motifs is 1. The van der Waals surface area contributed by atoms with Crippen molar-refractivity contribution in [1.29, 1.82) is 0 Å². The summed E-state index contributed by atoms with van der Waals surface area (Å²) in [6.45, 7) is 1.23. The molecule has 5 heteroatoms. The Labute approximate surface area is 117 Å². The number of rotatable bonds is 3. The number of para-hydroxylation sites is 1. The lowest BCUT2D eigenvalue weighted by molar-refractivity contribution is -0.119. The minimum atomic E-state index is -0.272. The van der Waals surface area contributed by atoms with E-state index in [1.807, 2.05) is 24.3 Å². The van der Waals surface area contributed by atoms with E-state index in [0.717, 1.165) is 41.5 Å². The SMILES string of the molecule is NCc1cnc2ccccc2c1N1CCCC1C(N)=O. The molecule has 1 atom stereocenters. The van der Waals surface area contributed by atoms with E-state index < -0.39 is 0 Å². The molecule has 0 bridgehead atoms. The van der Waals surface area contributed by atoms with Crippen LogP contribution in [0.15, 0.2) is 30.5 Å². The number of carbonyl (C=O) groups is 1. The minimum Gasteiger partial charge on any atom is -0.368 e. The van der Waals surface area contributed by atoms with Crippen LogP contribution in [-0.2, 0) is 11.3 Å². The van der Waals surface area contributed by atoms with Gasteiger partial charge >= 0.3 is 0 Å². The van der Waals surface area contributed by atoms with Crippen molar-refractivity contribution in [2.75, 3.05) is 11.4 Å². The molecule has 2 aromatic rings. The molecule has 0 aliphatic carbocycles. The Hall–Kier alpha value is -2.14. The molecule has 2 heterocycles. The van der Waals surface area contributed by atoms with Crippen molar-refractivity contribution >= 4 is 22.5 Å². The lowest BCUT2D eigenvalue weighted by Gasteiger charge is -2.27. The largest absolute Gasteiger partial charge is 0.368 e. The van der Waals surface area contributed by atoms with Crippen LogP contribution >= 0.6 is 0 Å². The third kappa shape index (κ3) is 2.00. The van der Waals surface area contributed by atoms with Crippen LogP contribution in [0.3, 0.4) is 0 Å². The van der Waals surface area contributed by atoms with E-state index in [-0.39, 0.29) is 11.9 Å². The maximum absolute atomic E-state index is 11.7. The number of aromatic nitrogens is 1. The third-order valence-corrected chi connectivity index (χ3v) is 3.91. The summed E-state index contributed by atoms with van der Waals surface area (Å²) >= 11 is 0. The highest BCUT2D eigenvalue weighted by Gasteiger charge is 2.31. The lowest BCUT2D eigenvalue weighted by Crippen LogP contribution is -2.41. The van der Waals surface area contributed by atoms with E-state index in [4.69, 9.17) is 11.5 Å². The van der Waals surface area contributed by atoms with Gasteiger partial charge in [0.05, 0.1) is 11.2 Å². The molecule has 1 unspecified atom stereocenters. The van der Waals surface area contributed by atoms with Crippen LogP contribution in [0.25, 0.3) is 10.9 Å². The smallest absolute Gasteiger partial charge is 0.240 e. The molecule has 1 fully saturated rings. The molecule has 4 N–H and O–H groups in total. The van der Waals surface area contributed by atoms with Gasteiger partial charge in [-0.25, -0.2) is 0 Å². The first-order valence-corrected chi connectivity index (χ1v) is 6.85. The van der Waals surface area contributed by atoms with Gasteiger partial charge in [0.15, 0.2) is 0 Å². The first kappa shape index (κ1) is 12.9. The summed E-state index contributed by atoms with van der Waals surface area (Å²) in [7, 11) is 0. The summed E-state index contributed by atoms with van der Waals surface area (Å²) in [5.41, 5.74) is 14.3. The van der Waals surface area contributed by atoms with Crippen LogP contribution in [0.1, 0.15) is 18.4 Å². The number of benzene rings is 1. The molecule has 20 heavy (non-hydrogen) atoms. The number of hydrogen-bond acceptors (Lipinski definition) is 4. The summed E-state index contributed by atoms with van der Waals surface area (Å²) in [4.78, 5) is 18.2. The van der Waals surface area contributed by atoms with Crippen molar-refractivity contribution in [3.8, 4) is 0 Å². The number of anilines is 1. The summed E-state index contributed by atoms with van der Waals surface area (Å²) in [5.74, 6) is -0.272. The summed E-state index contributed by atoms with van der Waals surface area (Å²) in [6, 6.07) is 7.67. The quantitative estimate of drug-likeness (QED) is 0.876. The number of amides is 1. The molecule has 0 radical (unpaired) electrons. The zero-order valence-electron chi connectivity index (χ0n) is 11.2. The zero-order chi connectivity index (χ0) is 14.1. The molecule has 1 aromatic carbocycles. The second kappa shape index (κ2) is 5.09. The molecule has 1 amide bonds. The van der Waals surface area contributed by atoms with E-state index in [9.17, 15) is 4.79 Å². The predicted molar refractivity (Wildman–Crippen MR) is 79.2 cm³/mol. The third-order valence-electron chi connectivity index (χ3n) is 3.91. The van der Waals surface area contributed by atoms with Gasteiger partial charge in [-0.05, 0) is 18.9 Å². The Morgan fingerprint density at radius 2 is 2.20 bits per heavy atom. The van der Waals surface area contributed by atoms with Gasteiger partial charge in [-0.2, -0.15) is 0 Å². The van der Waals surface area contributed by atoms with Crippen molar-refractivity contribution in [1.82, 2.24) is 4.98 Å². The van der Waals surface area contributed by atoms with Gasteiger partial charge in [-0.1, -0.05) is 18.2 Å². The average Bonchev–Trinajstić information content (AvgIpc) is 2.95. The average molecular weight is 270 g/mol. The number of nitrogens with two attached hydrogens (primary N) is 2. The summed E-state index contributed by atoms with van der Waals surface area (Å²) in [6.07, 6.45) is 3.57. The molecule has 1 aliphatic heterocycles. The topological polar surface area (TPSA) is 85.2 Å². The highest BCUT2D eigenvalue weighted by Crippen LogP contribution is 2.34. The van der Waals surface area contributed by atoms with Gasteiger partial charge in [0.1, 0.15) is 6.04 Å². The van der Waals surface area contributed by atoms with Gasteiger partial charge in [-0.3, -0.25) is 9.78 Å². The first-order valence-electron chi connectivity index (χ1n) is 6.85. The van der Waals surface area contributed by atoms with Gasteiger partial charge in [0, 0.05) is 30.2 Å². The van der Waals surface area contributed by atoms with E-state index in [1.165, 1.54) is 0 Å². The second-order valence-corrected chi connectivity index (χ2v) is 5.11. The van der Waals surface area contributed by atoms with Gasteiger partial charge in [0.25, 0.3) is 0 Å². The van der Waals surface area contributed by atoms with Crippen molar-refractivity contribution in [3.05, 3.63) is 36.0 Å². The monoisotopic (exact) mass is 270 g/mol. The lowest BCUT2D eigenvalue weighted by atomic mass is 10.1. The van der Waals surface area contributed by atoms with E-state index in [0.29, 0.717) is 6.54 Å². The Morgan fingerprint density at radius 3 is 2.95 bits per heavy atom. The fourth-order valence-electron chi connectivity index (χ4n) is 2.99. The molecule has 5 nitrogen and oxygen atoms in total. The molecule has 0 saturated carbocycles. The minimum absolute atomic E-state index is 0.244. The highest BCUT2D eigenvalue weighted by molar-refractivity contribution is 5.96. The summed E-state index contributed by atoms with van der Waals surface area (Å²) in [5, 5.41) is 1.03. The highest BCUT2D eigenvalue weighted by atomic mass is 16.1. The van der Waals surface area contributed by atoms with E-state index >= 15 is 0 Å². The van der Waals surface area contributed by atoms with Gasteiger partial charge < -0.3 is 16.4 Å². The summed E-state index contributed by atoms with van der Waals surface area (Å²) < 4.78 is 0. The Morgan fingerprint density at radius 1 is 1.40 bits per heavy atom. The van der Waals surface area contributed by atoms with Crippen LogP contribution in [-0.4, -0.2) is 23.5 Å². The number of primary amides is 1. The molecule has 3 rings (SSSR count). The van der Waals surface area contributed by atoms with Crippen LogP contribution in [0.2, 0.25) is 0 Å². The number of pyridine rings is 1. The van der Waals surface area contributed by atoms with Crippen LogP contribution in [0, 0.1) is 0 Å². The Balaban J connectivity index is 2.20. The Bertz CT molecular complexity index is 655. The van der Waals surface area contributed by atoms with Crippen LogP contribution < -0.4 is 16.4 Å². The molecule has 0 spiro atoms. The molecular formula is C15H18N4O. The molecular weight excluding hydrogens is 252 g/mol. The molecule has 1 aliphatic rings. The van der Waals surface area contributed by atoms with E-state index in [1.54, 1.807) is 6.20 Å². The van der Waals surface area contributed by atoms with Crippen molar-refractivity contribution in [3.63, 3.8) is 0 Å².